The van der Waals surface area contributed by atoms with Crippen molar-refractivity contribution >= 4 is 36.4 Å². The van der Waals surface area contributed by atoms with Crippen LogP contribution in [-0.2, 0) is 4.79 Å². The number of halogens is 2. The summed E-state index contributed by atoms with van der Waals surface area (Å²) in [6.07, 6.45) is 2.30. The minimum Gasteiger partial charge on any atom is -0.369 e. The number of nitrogens with one attached hydrogen (secondary N) is 1. The SMILES string of the molecule is CCC(CC)(CN)NC(=O)CCN1CCN(c2ccccc2)CC1.Cl.Cl. The summed E-state index contributed by atoms with van der Waals surface area (Å²) in [6.45, 7) is 9.53. The van der Waals surface area contributed by atoms with E-state index in [0.717, 1.165) is 45.6 Å². The molecular formula is C19H34Cl2N4O. The predicted octanol–water partition coefficient (Wildman–Crippen LogP) is 2.68. The molecule has 0 atom stereocenters. The Balaban J connectivity index is 0.00000312. The topological polar surface area (TPSA) is 61.6 Å². The number of carbonyl (C=O) groups is 1. The molecule has 0 radical (unpaired) electrons. The van der Waals surface area contributed by atoms with Gasteiger partial charge in [0.05, 0.1) is 5.54 Å². The van der Waals surface area contributed by atoms with Crippen molar-refractivity contribution in [3.05, 3.63) is 30.3 Å². The van der Waals surface area contributed by atoms with Crippen molar-refractivity contribution in [2.45, 2.75) is 38.6 Å². The van der Waals surface area contributed by atoms with Crippen LogP contribution in [0, 0.1) is 0 Å². The van der Waals surface area contributed by atoms with Gasteiger partial charge in [-0.3, -0.25) is 9.69 Å². The van der Waals surface area contributed by atoms with E-state index < -0.39 is 0 Å². The largest absolute Gasteiger partial charge is 0.369 e. The monoisotopic (exact) mass is 404 g/mol. The van der Waals surface area contributed by atoms with E-state index in [1.165, 1.54) is 5.69 Å². The number of hydrogen-bond donors (Lipinski definition) is 2. The molecule has 1 heterocycles. The standard InChI is InChI=1S/C19H32N4O.2ClH/c1-3-19(4-2,16-20)21-18(24)10-11-22-12-14-23(15-13-22)17-8-6-5-7-9-17;;/h5-9H,3-4,10-16,20H2,1-2H3,(H,21,24);2*1H. The highest BCUT2D eigenvalue weighted by Gasteiger charge is 2.26. The smallest absolute Gasteiger partial charge is 0.221 e. The highest BCUT2D eigenvalue weighted by atomic mass is 35.5. The van der Waals surface area contributed by atoms with Crippen LogP contribution in [0.5, 0.6) is 0 Å². The van der Waals surface area contributed by atoms with E-state index in [0.29, 0.717) is 13.0 Å². The van der Waals surface area contributed by atoms with Gasteiger partial charge in [0, 0.05) is 51.4 Å². The van der Waals surface area contributed by atoms with Gasteiger partial charge in [0.15, 0.2) is 0 Å². The van der Waals surface area contributed by atoms with E-state index >= 15 is 0 Å². The van der Waals surface area contributed by atoms with Crippen LogP contribution in [0.2, 0.25) is 0 Å². The maximum atomic E-state index is 12.3. The van der Waals surface area contributed by atoms with Gasteiger partial charge < -0.3 is 16.0 Å². The van der Waals surface area contributed by atoms with Crippen LogP contribution in [0.1, 0.15) is 33.1 Å². The Morgan fingerprint density at radius 1 is 1.08 bits per heavy atom. The van der Waals surface area contributed by atoms with E-state index in [1.807, 2.05) is 6.07 Å². The van der Waals surface area contributed by atoms with E-state index in [2.05, 4.69) is 53.2 Å². The van der Waals surface area contributed by atoms with Gasteiger partial charge >= 0.3 is 0 Å². The van der Waals surface area contributed by atoms with Crippen molar-refractivity contribution in [2.24, 2.45) is 5.73 Å². The van der Waals surface area contributed by atoms with Gasteiger partial charge in [0.25, 0.3) is 0 Å². The number of para-hydroxylation sites is 1. The van der Waals surface area contributed by atoms with Crippen molar-refractivity contribution in [3.8, 4) is 0 Å². The fourth-order valence-electron chi connectivity index (χ4n) is 3.25. The van der Waals surface area contributed by atoms with Crippen LogP contribution in [0.25, 0.3) is 0 Å². The van der Waals surface area contributed by atoms with E-state index in [1.54, 1.807) is 0 Å². The second-order valence-corrected chi connectivity index (χ2v) is 6.65. The van der Waals surface area contributed by atoms with Gasteiger partial charge in [-0.25, -0.2) is 0 Å². The van der Waals surface area contributed by atoms with Crippen molar-refractivity contribution in [1.29, 1.82) is 0 Å². The predicted molar refractivity (Wildman–Crippen MR) is 115 cm³/mol. The fourth-order valence-corrected chi connectivity index (χ4v) is 3.25. The summed E-state index contributed by atoms with van der Waals surface area (Å²) in [6, 6.07) is 10.5. The zero-order chi connectivity index (χ0) is 17.4. The zero-order valence-electron chi connectivity index (χ0n) is 15.9. The molecule has 1 aliphatic rings. The van der Waals surface area contributed by atoms with E-state index in [9.17, 15) is 4.79 Å². The van der Waals surface area contributed by atoms with Gasteiger partial charge in [-0.15, -0.1) is 24.8 Å². The lowest BCUT2D eigenvalue weighted by Crippen LogP contribution is -2.53. The van der Waals surface area contributed by atoms with E-state index in [-0.39, 0.29) is 36.3 Å². The van der Waals surface area contributed by atoms with Gasteiger partial charge in [0.1, 0.15) is 0 Å². The quantitative estimate of drug-likeness (QED) is 0.698. The lowest BCUT2D eigenvalue weighted by Gasteiger charge is -2.36. The molecule has 3 N–H and O–H groups in total. The molecule has 1 aromatic rings. The summed E-state index contributed by atoms with van der Waals surface area (Å²) < 4.78 is 0. The van der Waals surface area contributed by atoms with Crippen LogP contribution in [0.15, 0.2) is 30.3 Å². The third-order valence-corrected chi connectivity index (χ3v) is 5.30. The average molecular weight is 405 g/mol. The van der Waals surface area contributed by atoms with Crippen molar-refractivity contribution in [1.82, 2.24) is 10.2 Å². The molecule has 0 bridgehead atoms. The summed E-state index contributed by atoms with van der Waals surface area (Å²) in [5, 5.41) is 3.15. The molecule has 26 heavy (non-hydrogen) atoms. The third-order valence-electron chi connectivity index (χ3n) is 5.30. The molecule has 0 saturated carbocycles. The lowest BCUT2D eigenvalue weighted by atomic mass is 9.93. The lowest BCUT2D eigenvalue weighted by molar-refractivity contribution is -0.123. The maximum absolute atomic E-state index is 12.3. The Hall–Kier alpha value is -1.01. The van der Waals surface area contributed by atoms with Crippen molar-refractivity contribution < 1.29 is 4.79 Å². The highest BCUT2D eigenvalue weighted by molar-refractivity contribution is 5.85. The first-order chi connectivity index (χ1) is 11.6. The Labute approximate surface area is 170 Å². The van der Waals surface area contributed by atoms with Crippen molar-refractivity contribution in [3.63, 3.8) is 0 Å². The maximum Gasteiger partial charge on any atom is 0.221 e. The number of hydrogen-bond acceptors (Lipinski definition) is 4. The minimum absolute atomic E-state index is 0. The van der Waals surface area contributed by atoms with Crippen LogP contribution in [-0.4, -0.2) is 55.6 Å². The Kier molecular flexibility index (Phi) is 11.9. The first-order valence-electron chi connectivity index (χ1n) is 9.16. The fraction of sp³-hybridized carbons (Fsp3) is 0.632. The molecule has 0 spiro atoms. The second-order valence-electron chi connectivity index (χ2n) is 6.65. The Morgan fingerprint density at radius 3 is 2.15 bits per heavy atom. The summed E-state index contributed by atoms with van der Waals surface area (Å²) in [5.74, 6) is 0.120. The number of anilines is 1. The van der Waals surface area contributed by atoms with Crippen LogP contribution in [0.4, 0.5) is 5.69 Å². The van der Waals surface area contributed by atoms with Gasteiger partial charge in [-0.1, -0.05) is 32.0 Å². The molecule has 150 valence electrons. The van der Waals surface area contributed by atoms with Gasteiger partial charge in [0.2, 0.25) is 5.91 Å². The molecule has 0 aliphatic carbocycles. The number of piperazine rings is 1. The van der Waals surface area contributed by atoms with Gasteiger partial charge in [-0.2, -0.15) is 0 Å². The summed E-state index contributed by atoms with van der Waals surface area (Å²) >= 11 is 0. The van der Waals surface area contributed by atoms with Crippen LogP contribution >= 0.6 is 24.8 Å². The van der Waals surface area contributed by atoms with E-state index in [4.69, 9.17) is 5.73 Å². The first kappa shape index (κ1) is 25.0. The molecule has 1 aromatic carbocycles. The number of amides is 1. The number of nitrogens with zero attached hydrogens (tertiary/aromatic N) is 2. The Morgan fingerprint density at radius 2 is 1.65 bits per heavy atom. The third kappa shape index (κ3) is 6.95. The minimum atomic E-state index is -0.233. The van der Waals surface area contributed by atoms with Gasteiger partial charge in [-0.05, 0) is 25.0 Å². The summed E-state index contributed by atoms with van der Waals surface area (Å²) in [4.78, 5) is 17.0. The summed E-state index contributed by atoms with van der Waals surface area (Å²) in [7, 11) is 0. The van der Waals surface area contributed by atoms with Crippen LogP contribution in [0.3, 0.4) is 0 Å². The molecule has 1 aliphatic heterocycles. The molecule has 0 unspecified atom stereocenters. The van der Waals surface area contributed by atoms with Crippen LogP contribution < -0.4 is 16.0 Å². The normalized spacial score (nSPS) is 15.0. The molecule has 0 aromatic heterocycles. The molecule has 7 heteroatoms. The second kappa shape index (κ2) is 12.4. The zero-order valence-corrected chi connectivity index (χ0v) is 17.6. The molecule has 5 nitrogen and oxygen atoms in total. The average Bonchev–Trinajstić information content (AvgIpc) is 2.66. The molecule has 1 fully saturated rings. The molecule has 1 saturated heterocycles. The number of rotatable bonds is 8. The molecule has 2 rings (SSSR count). The number of benzene rings is 1. The Bertz CT molecular complexity index is 495. The van der Waals surface area contributed by atoms with Crippen molar-refractivity contribution in [2.75, 3.05) is 44.2 Å². The number of carbonyl (C=O) groups excluding carboxylic acids is 1. The number of nitrogens with two attached hydrogens (primary N) is 1. The molecular weight excluding hydrogens is 371 g/mol. The first-order valence-corrected chi connectivity index (χ1v) is 9.16. The highest BCUT2D eigenvalue weighted by Crippen LogP contribution is 2.16. The summed E-state index contributed by atoms with van der Waals surface area (Å²) in [5.41, 5.74) is 6.91. The molecule has 1 amide bonds.